The maximum Gasteiger partial charge on any atom is 0.341 e. The van der Waals surface area contributed by atoms with Gasteiger partial charge in [0, 0.05) is 12.4 Å². The second kappa shape index (κ2) is 20.5. The lowest BCUT2D eigenvalue weighted by molar-refractivity contribution is -0.489. The molecule has 41 heavy (non-hydrogen) atoms. The number of nitrogens with two attached hydrogens (primary N) is 6. The Morgan fingerprint density at radius 1 is 0.659 bits per heavy atom. The maximum atomic E-state index is 10.2. The summed E-state index contributed by atoms with van der Waals surface area (Å²) >= 11 is 0. The van der Waals surface area contributed by atoms with Gasteiger partial charge in [0.2, 0.25) is 0 Å². The zero-order chi connectivity index (χ0) is 33.8. The quantitative estimate of drug-likeness (QED) is 0.0594. The van der Waals surface area contributed by atoms with Crippen LogP contribution in [0.15, 0.2) is 0 Å². The van der Waals surface area contributed by atoms with Gasteiger partial charge in [-0.1, -0.05) is 0 Å². The number of hydrogen-bond donors (Lipinski definition) is 11. The van der Waals surface area contributed by atoms with Crippen LogP contribution < -0.4 is 49.7 Å². The number of nitrogens with zero attached hydrogens (tertiary/aromatic N) is 3. The van der Waals surface area contributed by atoms with Crippen molar-refractivity contribution < 1.29 is 83.3 Å². The van der Waals surface area contributed by atoms with Gasteiger partial charge in [0.25, 0.3) is 0 Å². The third kappa shape index (κ3) is 23.4. The van der Waals surface area contributed by atoms with Crippen LogP contribution in [-0.4, -0.2) is 145 Å². The van der Waals surface area contributed by atoms with Crippen LogP contribution in [0.25, 0.3) is 0 Å². The molecule has 0 aromatic rings. The van der Waals surface area contributed by atoms with Crippen LogP contribution >= 0.6 is 0 Å². The summed E-state index contributed by atoms with van der Waals surface area (Å²) in [5, 5.41) is 72.3. The summed E-state index contributed by atoms with van der Waals surface area (Å²) in [6, 6.07) is 0. The third-order valence-corrected chi connectivity index (χ3v) is 3.88. The number of hydrogen-bond acceptors (Lipinski definition) is 11. The highest BCUT2D eigenvalue weighted by atomic mass is 16.4. The van der Waals surface area contributed by atoms with Crippen LogP contribution in [-0.2, 0) is 28.8 Å². The number of carbonyl (C=O) groups excluding carboxylic acids is 3. The highest BCUT2D eigenvalue weighted by Crippen LogP contribution is 2.14. The molecule has 17 N–H and O–H groups in total. The second-order valence-electron chi connectivity index (χ2n) is 7.51. The maximum absolute atomic E-state index is 10.2. The van der Waals surface area contributed by atoms with Crippen molar-refractivity contribution in [3.63, 3.8) is 0 Å². The Morgan fingerprint density at radius 3 is 1.00 bits per heavy atom. The van der Waals surface area contributed by atoms with Gasteiger partial charge in [0.1, 0.15) is 11.7 Å². The van der Waals surface area contributed by atoms with Gasteiger partial charge in [-0.25, -0.2) is 14.4 Å². The van der Waals surface area contributed by atoms with E-state index in [1.807, 2.05) is 0 Å². The summed E-state index contributed by atoms with van der Waals surface area (Å²) in [6.07, 6.45) is -4.53. The molecule has 0 spiro atoms. The molecular weight excluding hydrogens is 566 g/mol. The molecule has 0 amide bonds. The van der Waals surface area contributed by atoms with E-state index in [1.165, 1.54) is 34.9 Å². The SMILES string of the molecule is C[N+](CC(=O)O)=C(N)N.C[N+](CC(=O)O)=C(N)N.C[N+](CC(=O)O)=C(N)N.O=C([O-])CC(O)(C(=O)[O-])C(O)C(=O)[O-]. The summed E-state index contributed by atoms with van der Waals surface area (Å²) in [6.45, 7) is -0.493. The fourth-order valence-corrected chi connectivity index (χ4v) is 1.58. The lowest BCUT2D eigenvalue weighted by atomic mass is 9.93. The monoisotopic (exact) mass is 601 g/mol. The molecule has 2 atom stereocenters. The topological polar surface area (TPSA) is 438 Å². The largest absolute Gasteiger partial charge is 0.550 e. The molecule has 0 aromatic carbocycles. The first-order valence-electron chi connectivity index (χ1n) is 10.3. The zero-order valence-electron chi connectivity index (χ0n) is 22.1. The Hall–Kier alpha value is -5.45. The van der Waals surface area contributed by atoms with Crippen LogP contribution in [0.5, 0.6) is 0 Å². The van der Waals surface area contributed by atoms with Gasteiger partial charge >= 0.3 is 35.8 Å². The van der Waals surface area contributed by atoms with Gasteiger partial charge in [-0.15, -0.1) is 0 Å². The van der Waals surface area contributed by atoms with E-state index in [1.54, 1.807) is 0 Å². The van der Waals surface area contributed by atoms with Crippen LogP contribution in [0, 0.1) is 0 Å². The molecule has 0 rings (SSSR count). The van der Waals surface area contributed by atoms with Gasteiger partial charge in [-0.2, -0.15) is 0 Å². The Kier molecular flexibility index (Phi) is 21.3. The average molecular weight is 602 g/mol. The van der Waals surface area contributed by atoms with Crippen LogP contribution in [0.2, 0.25) is 0 Å². The minimum Gasteiger partial charge on any atom is -0.550 e. The molecule has 236 valence electrons. The summed E-state index contributed by atoms with van der Waals surface area (Å²) in [4.78, 5) is 60.0. The zero-order valence-corrected chi connectivity index (χ0v) is 22.1. The lowest BCUT2D eigenvalue weighted by Crippen LogP contribution is -2.63. The highest BCUT2D eigenvalue weighted by Gasteiger charge is 2.38. The van der Waals surface area contributed by atoms with E-state index >= 15 is 0 Å². The van der Waals surface area contributed by atoms with E-state index in [0.29, 0.717) is 0 Å². The van der Waals surface area contributed by atoms with Gasteiger partial charge in [-0.05, 0) is 0 Å². The summed E-state index contributed by atoms with van der Waals surface area (Å²) in [7, 11) is 4.51. The number of carboxylic acids is 6. The van der Waals surface area contributed by atoms with Crippen molar-refractivity contribution in [2.75, 3.05) is 40.8 Å². The first-order valence-corrected chi connectivity index (χ1v) is 10.3. The van der Waals surface area contributed by atoms with Gasteiger partial charge < -0.3 is 55.2 Å². The number of aliphatic hydroxyl groups excluding tert-OH is 1. The molecule has 0 saturated carbocycles. The predicted molar refractivity (Wildman–Crippen MR) is 127 cm³/mol. The molecule has 0 aliphatic heterocycles. The first kappa shape index (κ1) is 42.6. The molecule has 0 aliphatic carbocycles. The summed E-state index contributed by atoms with van der Waals surface area (Å²) in [5.41, 5.74) is 26.8. The van der Waals surface area contributed by atoms with E-state index in [2.05, 4.69) is 0 Å². The number of aliphatic hydroxyl groups is 2. The molecule has 0 aliphatic rings. The Bertz CT molecular complexity index is 960. The molecule has 0 radical (unpaired) electrons. The molecule has 0 bridgehead atoms. The molecule has 0 aromatic heterocycles. The van der Waals surface area contributed by atoms with E-state index in [-0.39, 0.29) is 37.5 Å². The molecule has 0 heterocycles. The highest BCUT2D eigenvalue weighted by molar-refractivity contribution is 5.88. The van der Waals surface area contributed by atoms with Crippen molar-refractivity contribution in [3.05, 3.63) is 0 Å². The average Bonchev–Trinajstić information content (AvgIpc) is 2.77. The fraction of sp³-hybridized carbons (Fsp3) is 0.500. The van der Waals surface area contributed by atoms with E-state index in [9.17, 15) is 44.1 Å². The Labute approximate surface area is 231 Å². The fourth-order valence-electron chi connectivity index (χ4n) is 1.58. The van der Waals surface area contributed by atoms with Crippen molar-refractivity contribution in [2.24, 2.45) is 34.4 Å². The molecule has 23 nitrogen and oxygen atoms in total. The van der Waals surface area contributed by atoms with Crippen LogP contribution in [0.4, 0.5) is 0 Å². The van der Waals surface area contributed by atoms with Crippen molar-refractivity contribution in [1.29, 1.82) is 0 Å². The Morgan fingerprint density at radius 2 is 0.902 bits per heavy atom. The number of rotatable bonds is 11. The standard InChI is InChI=1S/C6H8O8.3C4H9N3O2/c7-2(8)1-6(14,5(12)13)3(9)4(10)11;3*1-7(4(5)6)2-3(8)9/h3,9,14H,1H2,(H,7,8)(H,10,11)(H,12,13);3*2H2,1H3,(H4,5,6,8,9). The summed E-state index contributed by atoms with van der Waals surface area (Å²) in [5.74, 6) is -9.66. The smallest absolute Gasteiger partial charge is 0.341 e. The molecule has 0 saturated heterocycles. The first-order chi connectivity index (χ1) is 18.3. The number of likely N-dealkylation sites (N-methyl/N-ethyl adjacent to an activating group) is 3. The molecular formula is C18H35N9O14. The van der Waals surface area contributed by atoms with E-state index < -0.39 is 53.9 Å². The minimum absolute atomic E-state index is 0.0115. The lowest BCUT2D eigenvalue weighted by Gasteiger charge is -2.34. The third-order valence-electron chi connectivity index (χ3n) is 3.88. The number of guanidine groups is 3. The van der Waals surface area contributed by atoms with E-state index in [0.717, 1.165) is 0 Å². The van der Waals surface area contributed by atoms with Gasteiger partial charge in [-0.3, -0.25) is 48.1 Å². The molecule has 0 fully saturated rings. The van der Waals surface area contributed by atoms with E-state index in [4.69, 9.17) is 59.9 Å². The predicted octanol–water partition coefficient (Wildman–Crippen LogP) is -12.3. The normalized spacial score (nSPS) is 11.3. The minimum atomic E-state index is -3.46. The van der Waals surface area contributed by atoms with Crippen molar-refractivity contribution in [1.82, 2.24) is 0 Å². The van der Waals surface area contributed by atoms with Gasteiger partial charge in [0.15, 0.2) is 19.6 Å². The number of carboxylic acid groups (broad SMARTS) is 6. The van der Waals surface area contributed by atoms with Crippen molar-refractivity contribution >= 4 is 53.7 Å². The van der Waals surface area contributed by atoms with Gasteiger partial charge in [0.05, 0.1) is 33.1 Å². The number of carbonyl (C=O) groups is 6. The van der Waals surface area contributed by atoms with Crippen molar-refractivity contribution in [2.45, 2.75) is 18.1 Å². The number of aliphatic carboxylic acids is 6. The Balaban J connectivity index is -0.000000228. The summed E-state index contributed by atoms with van der Waals surface area (Å²) < 4.78 is 3.72. The second-order valence-corrected chi connectivity index (χ2v) is 7.51. The molecule has 2 unspecified atom stereocenters. The molecule has 23 heteroatoms. The van der Waals surface area contributed by atoms with Crippen LogP contribution in [0.1, 0.15) is 6.42 Å². The van der Waals surface area contributed by atoms with Crippen LogP contribution in [0.3, 0.4) is 0 Å². The van der Waals surface area contributed by atoms with Crippen molar-refractivity contribution in [3.8, 4) is 0 Å².